The Kier molecular flexibility index (Phi) is 5.83. The van der Waals surface area contributed by atoms with Crippen LogP contribution in [-0.4, -0.2) is 27.0 Å². The van der Waals surface area contributed by atoms with Gasteiger partial charge in [-0.2, -0.15) is 0 Å². The summed E-state index contributed by atoms with van der Waals surface area (Å²) in [6.07, 6.45) is 1.05. The number of aromatic amines is 1. The van der Waals surface area contributed by atoms with Crippen LogP contribution in [-0.2, 0) is 6.42 Å². The average Bonchev–Trinajstić information content (AvgIpc) is 3.15. The van der Waals surface area contributed by atoms with Crippen LogP contribution in [0.2, 0.25) is 0 Å². The smallest absolute Gasteiger partial charge is 0.261 e. The lowest BCUT2D eigenvalue weighted by Gasteiger charge is -2.23. The van der Waals surface area contributed by atoms with E-state index < -0.39 is 23.6 Å². The molecule has 6 nitrogen and oxygen atoms in total. The molecule has 0 saturated carbocycles. The fourth-order valence-electron chi connectivity index (χ4n) is 3.04. The Morgan fingerprint density at radius 1 is 1.30 bits per heavy atom. The molecule has 0 spiro atoms. The van der Waals surface area contributed by atoms with Crippen molar-refractivity contribution in [2.24, 2.45) is 0 Å². The summed E-state index contributed by atoms with van der Waals surface area (Å²) in [6, 6.07) is 10.7. The van der Waals surface area contributed by atoms with Crippen molar-refractivity contribution < 1.29 is 9.90 Å². The van der Waals surface area contributed by atoms with Gasteiger partial charge in [0.25, 0.3) is 11.5 Å². The van der Waals surface area contributed by atoms with Gasteiger partial charge in [-0.1, -0.05) is 30.3 Å². The molecule has 0 aliphatic rings. The van der Waals surface area contributed by atoms with E-state index in [1.54, 1.807) is 31.5 Å². The monoisotopic (exact) mass is 383 g/mol. The molecule has 1 amide bonds. The number of carbonyl (C=O) groups excluding carboxylic acids is 1. The number of aliphatic hydroxyl groups is 1. The third-order valence-electron chi connectivity index (χ3n) is 4.29. The van der Waals surface area contributed by atoms with Gasteiger partial charge in [-0.05, 0) is 37.5 Å². The highest BCUT2D eigenvalue weighted by Gasteiger charge is 2.27. The third-order valence-corrected chi connectivity index (χ3v) is 5.14. The first-order valence-corrected chi connectivity index (χ1v) is 9.46. The first kappa shape index (κ1) is 19.0. The predicted molar refractivity (Wildman–Crippen MR) is 105 cm³/mol. The summed E-state index contributed by atoms with van der Waals surface area (Å²) < 4.78 is 0. The van der Waals surface area contributed by atoms with Crippen LogP contribution in [0.4, 0.5) is 0 Å². The second-order valence-electron chi connectivity index (χ2n) is 6.42. The molecule has 2 unspecified atom stereocenters. The highest BCUT2D eigenvalue weighted by atomic mass is 32.1. The molecule has 7 heteroatoms. The molecule has 0 saturated heterocycles. The molecule has 27 heavy (non-hydrogen) atoms. The minimum atomic E-state index is -0.973. The number of amides is 1. The SMILES string of the molecule is Cc1cc(C)c(C(=O)NC(Cc2ccccc2)C(O)c2nccs2)c(=O)[nH]1. The molecule has 2 heterocycles. The van der Waals surface area contributed by atoms with Crippen LogP contribution in [0.15, 0.2) is 52.8 Å². The maximum atomic E-state index is 12.8. The molecule has 0 bridgehead atoms. The van der Waals surface area contributed by atoms with E-state index in [0.29, 0.717) is 22.7 Å². The quantitative estimate of drug-likeness (QED) is 0.610. The number of benzene rings is 1. The molecular formula is C20H21N3O3S. The molecule has 140 valence electrons. The van der Waals surface area contributed by atoms with E-state index >= 15 is 0 Å². The maximum absolute atomic E-state index is 12.8. The number of aryl methyl sites for hydroxylation is 2. The van der Waals surface area contributed by atoms with Crippen molar-refractivity contribution in [1.29, 1.82) is 0 Å². The Balaban J connectivity index is 1.89. The van der Waals surface area contributed by atoms with Crippen molar-refractivity contribution in [2.75, 3.05) is 0 Å². The fourth-order valence-corrected chi connectivity index (χ4v) is 3.73. The number of carbonyl (C=O) groups is 1. The van der Waals surface area contributed by atoms with Gasteiger partial charge in [-0.15, -0.1) is 11.3 Å². The Labute approximate surface area is 160 Å². The highest BCUT2D eigenvalue weighted by Crippen LogP contribution is 2.22. The van der Waals surface area contributed by atoms with E-state index in [0.717, 1.165) is 5.56 Å². The number of thiazole rings is 1. The Hall–Kier alpha value is -2.77. The van der Waals surface area contributed by atoms with Gasteiger partial charge in [0.2, 0.25) is 0 Å². The Bertz CT molecular complexity index is 968. The van der Waals surface area contributed by atoms with E-state index in [4.69, 9.17) is 0 Å². The summed E-state index contributed by atoms with van der Waals surface area (Å²) in [5, 5.41) is 15.9. The van der Waals surface area contributed by atoms with Crippen molar-refractivity contribution in [3.05, 3.63) is 85.7 Å². The molecule has 0 fully saturated rings. The van der Waals surface area contributed by atoms with Crippen molar-refractivity contribution >= 4 is 17.2 Å². The number of rotatable bonds is 6. The molecule has 0 radical (unpaired) electrons. The van der Waals surface area contributed by atoms with E-state index in [-0.39, 0.29) is 5.56 Å². The predicted octanol–water partition coefficient (Wildman–Crippen LogP) is 2.52. The van der Waals surface area contributed by atoms with Gasteiger partial charge in [-0.3, -0.25) is 9.59 Å². The van der Waals surface area contributed by atoms with E-state index in [9.17, 15) is 14.7 Å². The molecule has 2 atom stereocenters. The van der Waals surface area contributed by atoms with E-state index in [2.05, 4.69) is 15.3 Å². The van der Waals surface area contributed by atoms with Gasteiger partial charge in [0.05, 0.1) is 6.04 Å². The van der Waals surface area contributed by atoms with Gasteiger partial charge in [0, 0.05) is 17.3 Å². The molecule has 3 aromatic rings. The van der Waals surface area contributed by atoms with Crippen LogP contribution in [0.5, 0.6) is 0 Å². The van der Waals surface area contributed by atoms with Crippen LogP contribution in [0.25, 0.3) is 0 Å². The molecular weight excluding hydrogens is 362 g/mol. The van der Waals surface area contributed by atoms with Crippen LogP contribution < -0.4 is 10.9 Å². The molecule has 3 rings (SSSR count). The zero-order chi connectivity index (χ0) is 19.4. The number of aliphatic hydroxyl groups excluding tert-OH is 1. The van der Waals surface area contributed by atoms with Crippen molar-refractivity contribution in [3.8, 4) is 0 Å². The summed E-state index contributed by atoms with van der Waals surface area (Å²) in [5.41, 5.74) is 1.87. The van der Waals surface area contributed by atoms with Gasteiger partial charge in [-0.25, -0.2) is 4.98 Å². The summed E-state index contributed by atoms with van der Waals surface area (Å²) in [5.74, 6) is -0.509. The zero-order valence-electron chi connectivity index (χ0n) is 15.1. The fraction of sp³-hybridized carbons (Fsp3) is 0.250. The second kappa shape index (κ2) is 8.28. The van der Waals surface area contributed by atoms with Crippen LogP contribution >= 0.6 is 11.3 Å². The summed E-state index contributed by atoms with van der Waals surface area (Å²) in [6.45, 7) is 3.49. The number of H-pyrrole nitrogens is 1. The van der Waals surface area contributed by atoms with Crippen LogP contribution in [0.3, 0.4) is 0 Å². The number of nitrogens with one attached hydrogen (secondary N) is 2. The van der Waals surface area contributed by atoms with E-state index in [1.165, 1.54) is 11.3 Å². The lowest BCUT2D eigenvalue weighted by atomic mass is 10.0. The number of aromatic nitrogens is 2. The number of pyridine rings is 1. The highest BCUT2D eigenvalue weighted by molar-refractivity contribution is 7.09. The maximum Gasteiger partial charge on any atom is 0.261 e. The second-order valence-corrected chi connectivity index (χ2v) is 7.35. The molecule has 2 aromatic heterocycles. The number of hydrogen-bond donors (Lipinski definition) is 3. The molecule has 0 aliphatic carbocycles. The first-order valence-electron chi connectivity index (χ1n) is 8.58. The molecule has 1 aromatic carbocycles. The standard InChI is InChI=1S/C20H21N3O3S/c1-12-10-13(2)22-18(25)16(12)19(26)23-15(11-14-6-4-3-5-7-14)17(24)20-21-8-9-27-20/h3-10,15,17,24H,11H2,1-2H3,(H,22,25)(H,23,26). The van der Waals surface area contributed by atoms with Crippen molar-refractivity contribution in [2.45, 2.75) is 32.4 Å². The minimum absolute atomic E-state index is 0.0602. The van der Waals surface area contributed by atoms with Gasteiger partial charge >= 0.3 is 0 Å². The molecule has 3 N–H and O–H groups in total. The summed E-state index contributed by atoms with van der Waals surface area (Å²) >= 11 is 1.32. The van der Waals surface area contributed by atoms with E-state index in [1.807, 2.05) is 30.3 Å². The summed E-state index contributed by atoms with van der Waals surface area (Å²) in [4.78, 5) is 31.9. The number of nitrogens with zero attached hydrogens (tertiary/aromatic N) is 1. The van der Waals surface area contributed by atoms with Gasteiger partial charge in [0.15, 0.2) is 0 Å². The third kappa shape index (κ3) is 4.50. The average molecular weight is 383 g/mol. The van der Waals surface area contributed by atoms with Crippen molar-refractivity contribution in [1.82, 2.24) is 15.3 Å². The normalized spacial score (nSPS) is 13.1. The van der Waals surface area contributed by atoms with Crippen molar-refractivity contribution in [3.63, 3.8) is 0 Å². The van der Waals surface area contributed by atoms with Crippen LogP contribution in [0, 0.1) is 13.8 Å². The first-order chi connectivity index (χ1) is 13.0. The largest absolute Gasteiger partial charge is 0.384 e. The zero-order valence-corrected chi connectivity index (χ0v) is 15.9. The van der Waals surface area contributed by atoms with Gasteiger partial charge in [0.1, 0.15) is 16.7 Å². The van der Waals surface area contributed by atoms with Gasteiger partial charge < -0.3 is 15.4 Å². The summed E-state index contributed by atoms with van der Waals surface area (Å²) in [7, 11) is 0. The number of hydrogen-bond acceptors (Lipinski definition) is 5. The molecule has 0 aliphatic heterocycles. The van der Waals surface area contributed by atoms with Crippen LogP contribution in [0.1, 0.15) is 38.3 Å². The minimum Gasteiger partial charge on any atom is -0.384 e. The topological polar surface area (TPSA) is 95.1 Å². The lowest BCUT2D eigenvalue weighted by Crippen LogP contribution is -2.43. The lowest BCUT2D eigenvalue weighted by molar-refractivity contribution is 0.0829. The Morgan fingerprint density at radius 2 is 2.04 bits per heavy atom. The Morgan fingerprint density at radius 3 is 2.67 bits per heavy atom.